The average Bonchev–Trinajstić information content (AvgIpc) is 3.19. The van der Waals surface area contributed by atoms with Gasteiger partial charge < -0.3 is 15.4 Å². The molecule has 7 nitrogen and oxygen atoms in total. The predicted molar refractivity (Wildman–Crippen MR) is 110 cm³/mol. The van der Waals surface area contributed by atoms with E-state index in [4.69, 9.17) is 4.74 Å². The van der Waals surface area contributed by atoms with E-state index in [0.717, 1.165) is 24.1 Å². The van der Waals surface area contributed by atoms with Gasteiger partial charge in [-0.25, -0.2) is 4.52 Å². The summed E-state index contributed by atoms with van der Waals surface area (Å²) in [5, 5.41) is 12.3. The largest absolute Gasteiger partial charge is 0.368 e. The number of amides is 2. The van der Waals surface area contributed by atoms with Gasteiger partial charge in [-0.15, -0.1) is 11.3 Å². The molecule has 1 aliphatic rings. The second-order valence-electron chi connectivity index (χ2n) is 8.41. The topological polar surface area (TPSA) is 84.7 Å². The molecule has 2 amide bonds. The van der Waals surface area contributed by atoms with Crippen molar-refractivity contribution in [1.29, 1.82) is 0 Å². The third-order valence-electron chi connectivity index (χ3n) is 5.14. The van der Waals surface area contributed by atoms with Crippen molar-refractivity contribution >= 4 is 28.0 Å². The van der Waals surface area contributed by atoms with Crippen LogP contribution in [0.3, 0.4) is 0 Å². The van der Waals surface area contributed by atoms with Crippen LogP contribution in [0.4, 0.5) is 0 Å². The average molecular weight is 407 g/mol. The first-order chi connectivity index (χ1) is 13.3. The minimum Gasteiger partial charge on any atom is -0.368 e. The second kappa shape index (κ2) is 8.61. The van der Waals surface area contributed by atoms with Crippen molar-refractivity contribution in [3.63, 3.8) is 0 Å². The molecular weight excluding hydrogens is 376 g/mol. The summed E-state index contributed by atoms with van der Waals surface area (Å²) in [5.41, 5.74) is 0.186. The summed E-state index contributed by atoms with van der Waals surface area (Å²) in [6.45, 7) is 9.07. The van der Waals surface area contributed by atoms with E-state index < -0.39 is 11.6 Å². The van der Waals surface area contributed by atoms with Gasteiger partial charge in [0.25, 0.3) is 5.91 Å². The summed E-state index contributed by atoms with van der Waals surface area (Å²) in [6.07, 6.45) is 5.70. The van der Waals surface area contributed by atoms with Crippen LogP contribution in [-0.4, -0.2) is 46.2 Å². The highest BCUT2D eigenvalue weighted by Gasteiger charge is 2.40. The highest BCUT2D eigenvalue weighted by Crippen LogP contribution is 2.32. The molecule has 1 atom stereocenters. The summed E-state index contributed by atoms with van der Waals surface area (Å²) in [7, 11) is 0. The molecule has 0 radical (unpaired) electrons. The Bertz CT molecular complexity index is 822. The maximum atomic E-state index is 12.8. The number of carbonyl (C=O) groups is 2. The third kappa shape index (κ3) is 4.55. The summed E-state index contributed by atoms with van der Waals surface area (Å²) in [5.74, 6) is 0.215. The van der Waals surface area contributed by atoms with E-state index in [1.165, 1.54) is 11.3 Å². The van der Waals surface area contributed by atoms with Crippen molar-refractivity contribution in [2.24, 2.45) is 11.8 Å². The lowest BCUT2D eigenvalue weighted by Gasteiger charge is -2.43. The van der Waals surface area contributed by atoms with Crippen molar-refractivity contribution in [2.75, 3.05) is 13.2 Å². The van der Waals surface area contributed by atoms with Crippen LogP contribution in [0.1, 0.15) is 57.3 Å². The zero-order chi connectivity index (χ0) is 20.3. The van der Waals surface area contributed by atoms with E-state index in [1.54, 1.807) is 10.7 Å². The van der Waals surface area contributed by atoms with Crippen LogP contribution in [0.25, 0.3) is 4.83 Å². The molecule has 2 aromatic rings. The van der Waals surface area contributed by atoms with Crippen LogP contribution in [0.15, 0.2) is 17.8 Å². The molecule has 0 aliphatic heterocycles. The second-order valence-corrected chi connectivity index (χ2v) is 9.30. The van der Waals surface area contributed by atoms with Crippen molar-refractivity contribution < 1.29 is 14.3 Å². The fraction of sp³-hybridized carbons (Fsp3) is 0.650. The predicted octanol–water partition coefficient (Wildman–Crippen LogP) is 2.86. The number of ether oxygens (including phenoxy) is 1. The molecule has 2 heterocycles. The van der Waals surface area contributed by atoms with E-state index in [-0.39, 0.29) is 17.7 Å². The van der Waals surface area contributed by atoms with Crippen molar-refractivity contribution in [3.05, 3.63) is 23.3 Å². The molecule has 1 saturated carbocycles. The molecular formula is C20H30N4O3S. The maximum Gasteiger partial charge on any atom is 0.256 e. The third-order valence-corrected chi connectivity index (χ3v) is 6.03. The Morgan fingerprint density at radius 1 is 1.32 bits per heavy atom. The molecule has 8 heteroatoms. The monoisotopic (exact) mass is 406 g/mol. The van der Waals surface area contributed by atoms with Gasteiger partial charge in [-0.2, -0.15) is 5.10 Å². The maximum absolute atomic E-state index is 12.8. The number of thiazole rings is 1. The summed E-state index contributed by atoms with van der Waals surface area (Å²) in [4.78, 5) is 26.3. The number of nitrogens with zero attached hydrogens (tertiary/aromatic N) is 2. The summed E-state index contributed by atoms with van der Waals surface area (Å²) in [6, 6.07) is 0. The van der Waals surface area contributed by atoms with Gasteiger partial charge in [0.05, 0.1) is 17.3 Å². The Morgan fingerprint density at radius 2 is 2.07 bits per heavy atom. The van der Waals surface area contributed by atoms with E-state index in [0.29, 0.717) is 24.6 Å². The van der Waals surface area contributed by atoms with Gasteiger partial charge >= 0.3 is 0 Å². The molecule has 3 rings (SSSR count). The standard InChI is InChI=1S/C20H30N4O3S/c1-13(2)11-27-16(14(3)4)18(26)21-12-20(6-5-7-20)23-17(25)15-10-22-24-8-9-28-19(15)24/h8-10,13-14,16H,5-7,11-12H2,1-4H3,(H,21,26)(H,23,25). The number of carbonyl (C=O) groups excluding carboxylic acids is 2. The van der Waals surface area contributed by atoms with E-state index >= 15 is 0 Å². The fourth-order valence-electron chi connectivity index (χ4n) is 3.36. The van der Waals surface area contributed by atoms with E-state index in [9.17, 15) is 9.59 Å². The van der Waals surface area contributed by atoms with Gasteiger partial charge in [0.2, 0.25) is 5.91 Å². The lowest BCUT2D eigenvalue weighted by molar-refractivity contribution is -0.137. The number of nitrogens with one attached hydrogen (secondary N) is 2. The first-order valence-electron chi connectivity index (χ1n) is 9.94. The van der Waals surface area contributed by atoms with Crippen LogP contribution in [0.5, 0.6) is 0 Å². The van der Waals surface area contributed by atoms with Gasteiger partial charge in [-0.3, -0.25) is 9.59 Å². The molecule has 1 fully saturated rings. The molecule has 2 N–H and O–H groups in total. The molecule has 2 aromatic heterocycles. The quantitative estimate of drug-likeness (QED) is 0.671. The molecule has 0 aromatic carbocycles. The van der Waals surface area contributed by atoms with Crippen LogP contribution in [-0.2, 0) is 9.53 Å². The summed E-state index contributed by atoms with van der Waals surface area (Å²) >= 11 is 1.49. The Hall–Kier alpha value is -1.93. The van der Waals surface area contributed by atoms with Crippen molar-refractivity contribution in [1.82, 2.24) is 20.2 Å². The van der Waals surface area contributed by atoms with Gasteiger partial charge in [0.1, 0.15) is 10.9 Å². The van der Waals surface area contributed by atoms with Gasteiger partial charge in [-0.05, 0) is 31.1 Å². The molecule has 154 valence electrons. The van der Waals surface area contributed by atoms with Crippen molar-refractivity contribution in [3.8, 4) is 0 Å². The minimum absolute atomic E-state index is 0.0882. The van der Waals surface area contributed by atoms with Gasteiger partial charge in [0.15, 0.2) is 0 Å². The fourth-order valence-corrected chi connectivity index (χ4v) is 4.16. The molecule has 0 bridgehead atoms. The zero-order valence-electron chi connectivity index (χ0n) is 17.0. The molecule has 0 saturated heterocycles. The lowest BCUT2D eigenvalue weighted by atomic mass is 9.76. The molecule has 0 spiro atoms. The van der Waals surface area contributed by atoms with E-state index in [2.05, 4.69) is 29.6 Å². The van der Waals surface area contributed by atoms with Gasteiger partial charge in [-0.1, -0.05) is 27.7 Å². The van der Waals surface area contributed by atoms with E-state index in [1.807, 2.05) is 25.4 Å². The highest BCUT2D eigenvalue weighted by molar-refractivity contribution is 7.15. The zero-order valence-corrected chi connectivity index (χ0v) is 17.8. The smallest absolute Gasteiger partial charge is 0.256 e. The SMILES string of the molecule is CC(C)COC(C(=O)NCC1(NC(=O)c2cnn3ccsc23)CCC1)C(C)C. The first kappa shape index (κ1) is 20.8. The number of hydrogen-bond donors (Lipinski definition) is 2. The van der Waals surface area contributed by atoms with Gasteiger partial charge in [0, 0.05) is 24.7 Å². The Kier molecular flexibility index (Phi) is 6.40. The lowest BCUT2D eigenvalue weighted by Crippen LogP contribution is -2.60. The molecule has 28 heavy (non-hydrogen) atoms. The molecule has 1 unspecified atom stereocenters. The normalized spacial score (nSPS) is 16.9. The Labute approximate surface area is 169 Å². The number of rotatable bonds is 9. The first-order valence-corrected chi connectivity index (χ1v) is 10.8. The minimum atomic E-state index is -0.475. The Balaban J connectivity index is 1.60. The van der Waals surface area contributed by atoms with Crippen LogP contribution in [0.2, 0.25) is 0 Å². The summed E-state index contributed by atoms with van der Waals surface area (Å²) < 4.78 is 7.52. The number of aromatic nitrogens is 2. The van der Waals surface area contributed by atoms with Crippen LogP contribution >= 0.6 is 11.3 Å². The van der Waals surface area contributed by atoms with Crippen molar-refractivity contribution in [2.45, 2.75) is 58.6 Å². The Morgan fingerprint density at radius 3 is 2.68 bits per heavy atom. The number of fused-ring (bicyclic) bond motifs is 1. The number of hydrogen-bond acceptors (Lipinski definition) is 5. The molecule has 1 aliphatic carbocycles. The van der Waals surface area contributed by atoms with Crippen LogP contribution < -0.4 is 10.6 Å². The van der Waals surface area contributed by atoms with Crippen LogP contribution in [0, 0.1) is 11.8 Å². The highest BCUT2D eigenvalue weighted by atomic mass is 32.1.